The van der Waals surface area contributed by atoms with E-state index < -0.39 is 0 Å². The summed E-state index contributed by atoms with van der Waals surface area (Å²) in [5, 5.41) is 7.12. The normalized spacial score (nSPS) is 19.7. The van der Waals surface area contributed by atoms with Crippen molar-refractivity contribution in [2.24, 2.45) is 10.7 Å². The Hall–Kier alpha value is -1.63. The minimum absolute atomic E-state index is 0.298. The summed E-state index contributed by atoms with van der Waals surface area (Å²) in [6, 6.07) is 0.549. The van der Waals surface area contributed by atoms with Crippen LogP contribution in [0.1, 0.15) is 57.7 Å². The van der Waals surface area contributed by atoms with E-state index in [-0.39, 0.29) is 0 Å². The molecule has 1 unspecified atom stereocenters. The molecule has 0 radical (unpaired) electrons. The highest BCUT2D eigenvalue weighted by Crippen LogP contribution is 2.16. The zero-order valence-electron chi connectivity index (χ0n) is 14.6. The Bertz CT molecular complexity index is 499. The van der Waals surface area contributed by atoms with Gasteiger partial charge in [-0.15, -0.1) is 0 Å². The van der Waals surface area contributed by atoms with Crippen LogP contribution in [0.2, 0.25) is 0 Å². The van der Waals surface area contributed by atoms with E-state index in [1.54, 1.807) is 0 Å². The van der Waals surface area contributed by atoms with Crippen molar-refractivity contribution in [2.45, 2.75) is 58.4 Å². The van der Waals surface area contributed by atoms with Gasteiger partial charge in [-0.05, 0) is 32.4 Å². The molecule has 0 aliphatic carbocycles. The molecule has 1 fully saturated rings. The average molecular weight is 322 g/mol. The van der Waals surface area contributed by atoms with E-state index in [1.165, 1.54) is 19.4 Å². The van der Waals surface area contributed by atoms with Crippen LogP contribution in [0.3, 0.4) is 0 Å². The summed E-state index contributed by atoms with van der Waals surface area (Å²) in [7, 11) is 0. The number of aliphatic imine (C=N–C) groups is 1. The fourth-order valence-corrected chi connectivity index (χ4v) is 2.84. The molecule has 0 aromatic carbocycles. The SMILES string of the molecule is CCN1CCCC1CN=C(N)NCCCc1nc(C(C)C)no1. The van der Waals surface area contributed by atoms with Gasteiger partial charge >= 0.3 is 0 Å². The first kappa shape index (κ1) is 17.7. The van der Waals surface area contributed by atoms with E-state index in [0.717, 1.165) is 38.3 Å². The number of guanidine groups is 1. The second-order valence-corrected chi connectivity index (χ2v) is 6.38. The Morgan fingerprint density at radius 2 is 2.35 bits per heavy atom. The summed E-state index contributed by atoms with van der Waals surface area (Å²) in [6.07, 6.45) is 4.14. The highest BCUT2D eigenvalue weighted by molar-refractivity contribution is 5.77. The number of rotatable bonds is 8. The maximum Gasteiger partial charge on any atom is 0.226 e. The van der Waals surface area contributed by atoms with E-state index >= 15 is 0 Å². The molecule has 1 atom stereocenters. The third-order valence-corrected chi connectivity index (χ3v) is 4.25. The standard InChI is InChI=1S/C16H30N6O/c1-4-22-10-6-7-13(22)11-19-16(17)18-9-5-8-14-20-15(12(2)3)21-23-14/h12-13H,4-11H2,1-3H3,(H3,17,18,19). The predicted molar refractivity (Wildman–Crippen MR) is 91.5 cm³/mol. The van der Waals surface area contributed by atoms with Gasteiger partial charge in [-0.2, -0.15) is 4.98 Å². The fraction of sp³-hybridized carbons (Fsp3) is 0.812. The number of nitrogens with zero attached hydrogens (tertiary/aromatic N) is 4. The molecule has 7 heteroatoms. The van der Waals surface area contributed by atoms with Crippen molar-refractivity contribution in [1.82, 2.24) is 20.4 Å². The molecule has 0 amide bonds. The van der Waals surface area contributed by atoms with E-state index in [2.05, 4.69) is 46.1 Å². The maximum absolute atomic E-state index is 5.93. The molecule has 0 bridgehead atoms. The van der Waals surface area contributed by atoms with Crippen molar-refractivity contribution >= 4 is 5.96 Å². The van der Waals surface area contributed by atoms with Gasteiger partial charge in [0.2, 0.25) is 5.89 Å². The Labute approximate surface area is 138 Å². The first-order valence-electron chi connectivity index (χ1n) is 8.70. The van der Waals surface area contributed by atoms with Gasteiger partial charge in [-0.25, -0.2) is 0 Å². The zero-order valence-corrected chi connectivity index (χ0v) is 14.6. The number of nitrogens with one attached hydrogen (secondary N) is 1. The number of likely N-dealkylation sites (tertiary alicyclic amines) is 1. The molecular formula is C16H30N6O. The van der Waals surface area contributed by atoms with Crippen LogP contribution >= 0.6 is 0 Å². The molecule has 2 heterocycles. The van der Waals surface area contributed by atoms with Gasteiger partial charge in [0.15, 0.2) is 11.8 Å². The van der Waals surface area contributed by atoms with Gasteiger partial charge in [-0.1, -0.05) is 25.9 Å². The number of hydrogen-bond donors (Lipinski definition) is 2. The minimum atomic E-state index is 0.298. The highest BCUT2D eigenvalue weighted by atomic mass is 16.5. The molecule has 1 aromatic heterocycles. The summed E-state index contributed by atoms with van der Waals surface area (Å²) >= 11 is 0. The Kier molecular flexibility index (Phi) is 6.83. The molecular weight excluding hydrogens is 292 g/mol. The van der Waals surface area contributed by atoms with Crippen LogP contribution in [0.4, 0.5) is 0 Å². The lowest BCUT2D eigenvalue weighted by molar-refractivity contribution is 0.273. The van der Waals surface area contributed by atoms with Crippen LogP contribution in [0, 0.1) is 0 Å². The molecule has 1 aliphatic rings. The number of likely N-dealkylation sites (N-methyl/N-ethyl adjacent to an activating group) is 1. The third-order valence-electron chi connectivity index (χ3n) is 4.25. The second-order valence-electron chi connectivity index (χ2n) is 6.38. The lowest BCUT2D eigenvalue weighted by Gasteiger charge is -2.20. The van der Waals surface area contributed by atoms with E-state index in [1.807, 2.05) is 0 Å². The number of hydrogen-bond acceptors (Lipinski definition) is 5. The van der Waals surface area contributed by atoms with E-state index in [4.69, 9.17) is 10.3 Å². The molecule has 1 saturated heterocycles. The monoisotopic (exact) mass is 322 g/mol. The second kappa shape index (κ2) is 8.86. The molecule has 2 rings (SSSR count). The van der Waals surface area contributed by atoms with Crippen LogP contribution in [-0.4, -0.2) is 53.2 Å². The maximum atomic E-state index is 5.93. The van der Waals surface area contributed by atoms with Crippen LogP contribution in [0.25, 0.3) is 0 Å². The molecule has 0 spiro atoms. The van der Waals surface area contributed by atoms with Crippen LogP contribution in [0.15, 0.2) is 9.52 Å². The van der Waals surface area contributed by atoms with Gasteiger partial charge in [0.05, 0.1) is 6.54 Å². The van der Waals surface area contributed by atoms with Crippen LogP contribution in [-0.2, 0) is 6.42 Å². The average Bonchev–Trinajstić information content (AvgIpc) is 3.18. The quantitative estimate of drug-likeness (QED) is 0.428. The molecule has 7 nitrogen and oxygen atoms in total. The Balaban J connectivity index is 1.64. The lowest BCUT2D eigenvalue weighted by Crippen LogP contribution is -2.36. The molecule has 23 heavy (non-hydrogen) atoms. The van der Waals surface area contributed by atoms with E-state index in [0.29, 0.717) is 23.8 Å². The van der Waals surface area contributed by atoms with Gasteiger partial charge in [0, 0.05) is 24.9 Å². The summed E-state index contributed by atoms with van der Waals surface area (Å²) in [6.45, 7) is 10.1. The largest absolute Gasteiger partial charge is 0.370 e. The number of aromatic nitrogens is 2. The van der Waals surface area contributed by atoms with Gasteiger partial charge in [-0.3, -0.25) is 9.89 Å². The molecule has 1 aromatic rings. The van der Waals surface area contributed by atoms with Crippen LogP contribution < -0.4 is 11.1 Å². The Morgan fingerprint density at radius 3 is 3.04 bits per heavy atom. The van der Waals surface area contributed by atoms with Crippen molar-refractivity contribution in [3.8, 4) is 0 Å². The van der Waals surface area contributed by atoms with Gasteiger partial charge in [0.25, 0.3) is 0 Å². The number of nitrogens with two attached hydrogens (primary N) is 1. The highest BCUT2D eigenvalue weighted by Gasteiger charge is 2.22. The molecule has 3 N–H and O–H groups in total. The van der Waals surface area contributed by atoms with Crippen molar-refractivity contribution in [2.75, 3.05) is 26.2 Å². The van der Waals surface area contributed by atoms with Gasteiger partial charge in [0.1, 0.15) is 0 Å². The first-order valence-corrected chi connectivity index (χ1v) is 8.70. The third kappa shape index (κ3) is 5.49. The lowest BCUT2D eigenvalue weighted by atomic mass is 10.2. The minimum Gasteiger partial charge on any atom is -0.370 e. The smallest absolute Gasteiger partial charge is 0.226 e. The summed E-state index contributed by atoms with van der Waals surface area (Å²) < 4.78 is 5.22. The summed E-state index contributed by atoms with van der Waals surface area (Å²) in [5.74, 6) is 2.29. The van der Waals surface area contributed by atoms with Crippen molar-refractivity contribution in [3.05, 3.63) is 11.7 Å². The fourth-order valence-electron chi connectivity index (χ4n) is 2.84. The zero-order chi connectivity index (χ0) is 16.7. The van der Waals surface area contributed by atoms with Crippen molar-refractivity contribution < 1.29 is 4.52 Å². The van der Waals surface area contributed by atoms with Crippen molar-refractivity contribution in [3.63, 3.8) is 0 Å². The van der Waals surface area contributed by atoms with E-state index in [9.17, 15) is 0 Å². The van der Waals surface area contributed by atoms with Crippen LogP contribution in [0.5, 0.6) is 0 Å². The molecule has 0 saturated carbocycles. The summed E-state index contributed by atoms with van der Waals surface area (Å²) in [5.41, 5.74) is 5.93. The van der Waals surface area contributed by atoms with Gasteiger partial charge < -0.3 is 15.6 Å². The molecule has 1 aliphatic heterocycles. The predicted octanol–water partition coefficient (Wildman–Crippen LogP) is 1.51. The Morgan fingerprint density at radius 1 is 1.52 bits per heavy atom. The summed E-state index contributed by atoms with van der Waals surface area (Å²) in [4.78, 5) is 11.3. The molecule has 130 valence electrons. The number of aryl methyl sites for hydroxylation is 1. The van der Waals surface area contributed by atoms with Crippen molar-refractivity contribution in [1.29, 1.82) is 0 Å². The first-order chi connectivity index (χ1) is 11.1. The topological polar surface area (TPSA) is 92.6 Å².